The third-order valence-electron chi connectivity index (χ3n) is 7.65. The number of pyridine rings is 1. The highest BCUT2D eigenvalue weighted by Crippen LogP contribution is 2.47. The highest BCUT2D eigenvalue weighted by molar-refractivity contribution is 6.23. The molecule has 1 aliphatic heterocycles. The first-order valence-corrected chi connectivity index (χ1v) is 13.2. The van der Waals surface area contributed by atoms with Crippen molar-refractivity contribution in [3.63, 3.8) is 0 Å². The molecular formula is C27H24F4N8O4. The van der Waals surface area contributed by atoms with Gasteiger partial charge in [-0.1, -0.05) is 17.3 Å². The topological polar surface area (TPSA) is 157 Å². The minimum atomic E-state index is -4.94. The van der Waals surface area contributed by atoms with Crippen LogP contribution in [0.5, 0.6) is 0 Å². The summed E-state index contributed by atoms with van der Waals surface area (Å²) >= 11 is 0. The Bertz CT molecular complexity index is 1630. The van der Waals surface area contributed by atoms with Crippen LogP contribution in [-0.4, -0.2) is 53.5 Å². The minimum Gasteiger partial charge on any atom is -0.305 e. The summed E-state index contributed by atoms with van der Waals surface area (Å²) in [6.07, 6.45) is -0.119. The molecule has 1 aliphatic carbocycles. The molecule has 0 radical (unpaired) electrons. The van der Waals surface area contributed by atoms with E-state index in [0.29, 0.717) is 48.0 Å². The summed E-state index contributed by atoms with van der Waals surface area (Å²) in [5.41, 5.74) is -1.59. The van der Waals surface area contributed by atoms with E-state index < -0.39 is 52.3 Å². The highest BCUT2D eigenvalue weighted by atomic mass is 19.4. The number of carbonyl (C=O) groups is 3. The molecule has 224 valence electrons. The molecule has 0 bridgehead atoms. The molecule has 16 heteroatoms. The molecule has 0 unspecified atom stereocenters. The van der Waals surface area contributed by atoms with Gasteiger partial charge in [-0.3, -0.25) is 19.5 Å². The number of aryl methyl sites for hydroxylation is 1. The fourth-order valence-corrected chi connectivity index (χ4v) is 5.20. The van der Waals surface area contributed by atoms with Crippen molar-refractivity contribution in [2.45, 2.75) is 63.3 Å². The largest absolute Gasteiger partial charge is 0.419 e. The van der Waals surface area contributed by atoms with E-state index in [9.17, 15) is 27.6 Å². The van der Waals surface area contributed by atoms with Crippen molar-refractivity contribution in [2.24, 2.45) is 0 Å². The lowest BCUT2D eigenvalue weighted by Gasteiger charge is -2.42. The van der Waals surface area contributed by atoms with Gasteiger partial charge in [0, 0.05) is 24.1 Å². The third-order valence-corrected chi connectivity index (χ3v) is 7.65. The van der Waals surface area contributed by atoms with Crippen molar-refractivity contribution in [3.05, 3.63) is 59.3 Å². The van der Waals surface area contributed by atoms with Crippen LogP contribution in [0.1, 0.15) is 55.3 Å². The number of hydrogen-bond donors (Lipinski definition) is 2. The zero-order valence-corrected chi connectivity index (χ0v) is 22.4. The first-order chi connectivity index (χ1) is 20.5. The number of benzene rings is 1. The van der Waals surface area contributed by atoms with E-state index in [-0.39, 0.29) is 31.4 Å². The van der Waals surface area contributed by atoms with E-state index in [1.54, 1.807) is 17.7 Å². The van der Waals surface area contributed by atoms with Crippen molar-refractivity contribution in [3.8, 4) is 17.3 Å². The van der Waals surface area contributed by atoms with Crippen molar-refractivity contribution in [2.75, 3.05) is 4.90 Å². The monoisotopic (exact) mass is 600 g/mol. The van der Waals surface area contributed by atoms with Gasteiger partial charge in [-0.25, -0.2) is 24.5 Å². The lowest BCUT2D eigenvalue weighted by molar-refractivity contribution is -0.138. The average Bonchev–Trinajstić information content (AvgIpc) is 3.51. The second-order valence-corrected chi connectivity index (χ2v) is 10.3. The maximum Gasteiger partial charge on any atom is 0.419 e. The van der Waals surface area contributed by atoms with Crippen LogP contribution < -0.4 is 10.4 Å². The number of halogens is 4. The number of carbonyl (C=O) groups excluding carboxylic acids is 3. The molecule has 5 rings (SSSR count). The molecule has 12 nitrogen and oxygen atoms in total. The number of urea groups is 1. The Labute approximate surface area is 241 Å². The molecule has 4 amide bonds. The Balaban J connectivity index is 1.34. The standard InChI is InChI=1S/C27H24F4N8O4/c28-20-10-16(22-15-37(36-34-22)9-2-1-4-23(40)35-43)5-6-17(20)14-38-25(42)39(24(41)26(38)7-3-8-26)18-11-19(27(29,30)31)21(12-32)33-13-18/h5-6,10-11,13,15,43H,1-4,7-9,14H2,(H,35,40). The van der Waals surface area contributed by atoms with Gasteiger partial charge in [0.05, 0.1) is 30.2 Å². The van der Waals surface area contributed by atoms with Crippen molar-refractivity contribution >= 4 is 23.5 Å². The van der Waals surface area contributed by atoms with Gasteiger partial charge in [-0.15, -0.1) is 5.10 Å². The second kappa shape index (κ2) is 11.4. The number of hydroxylamine groups is 1. The predicted molar refractivity (Wildman–Crippen MR) is 138 cm³/mol. The van der Waals surface area contributed by atoms with Crippen molar-refractivity contribution in [1.29, 1.82) is 5.26 Å². The molecule has 2 fully saturated rings. The maximum absolute atomic E-state index is 15.3. The lowest BCUT2D eigenvalue weighted by atomic mass is 9.75. The normalized spacial score (nSPS) is 16.0. The van der Waals surface area contributed by atoms with Crippen LogP contribution in [0.15, 0.2) is 36.7 Å². The Morgan fingerprint density at radius 1 is 1.19 bits per heavy atom. The molecule has 3 aromatic rings. The van der Waals surface area contributed by atoms with Gasteiger partial charge in [0.15, 0.2) is 5.69 Å². The van der Waals surface area contributed by atoms with Crippen LogP contribution in [0.2, 0.25) is 0 Å². The number of aromatic nitrogens is 4. The van der Waals surface area contributed by atoms with E-state index in [1.807, 2.05) is 0 Å². The number of alkyl halides is 3. The number of nitrogens with zero attached hydrogens (tertiary/aromatic N) is 7. The number of hydrogen-bond acceptors (Lipinski definition) is 8. The van der Waals surface area contributed by atoms with E-state index in [1.165, 1.54) is 27.8 Å². The predicted octanol–water partition coefficient (Wildman–Crippen LogP) is 3.94. The molecule has 1 spiro atoms. The number of anilines is 1. The Hall–Kier alpha value is -4.91. The second-order valence-electron chi connectivity index (χ2n) is 10.3. The first kappa shape index (κ1) is 29.6. The molecular weight excluding hydrogens is 576 g/mol. The molecule has 0 atom stereocenters. The number of unbranched alkanes of at least 4 members (excludes halogenated alkanes) is 1. The molecule has 3 heterocycles. The van der Waals surface area contributed by atoms with Crippen molar-refractivity contribution in [1.82, 2.24) is 30.4 Å². The van der Waals surface area contributed by atoms with Crippen LogP contribution in [0.25, 0.3) is 11.3 Å². The van der Waals surface area contributed by atoms with Gasteiger partial charge < -0.3 is 4.90 Å². The SMILES string of the molecule is N#Cc1ncc(N2C(=O)N(Cc3ccc(-c4cn(CCCCC(=O)NO)nn4)cc3F)C3(CCC3)C2=O)cc1C(F)(F)F. The molecule has 43 heavy (non-hydrogen) atoms. The van der Waals surface area contributed by atoms with Gasteiger partial charge in [0.25, 0.3) is 5.91 Å². The number of amides is 4. The van der Waals surface area contributed by atoms with Crippen LogP contribution in [-0.2, 0) is 28.9 Å². The third kappa shape index (κ3) is 5.50. The van der Waals surface area contributed by atoms with Crippen LogP contribution in [0.4, 0.5) is 28.0 Å². The quantitative estimate of drug-likeness (QED) is 0.123. The van der Waals surface area contributed by atoms with E-state index >= 15 is 4.39 Å². The number of nitrogens with one attached hydrogen (secondary N) is 1. The summed E-state index contributed by atoms with van der Waals surface area (Å²) in [5, 5.41) is 25.6. The van der Waals surface area contributed by atoms with Gasteiger partial charge in [0.2, 0.25) is 5.91 Å². The Morgan fingerprint density at radius 2 is 1.95 bits per heavy atom. The summed E-state index contributed by atoms with van der Waals surface area (Å²) in [6, 6.07) is 5.22. The zero-order valence-electron chi connectivity index (χ0n) is 22.4. The van der Waals surface area contributed by atoms with Gasteiger partial charge in [0.1, 0.15) is 23.1 Å². The maximum atomic E-state index is 15.3. The molecule has 1 saturated carbocycles. The summed E-state index contributed by atoms with van der Waals surface area (Å²) in [6.45, 7) is 0.131. The number of imide groups is 1. The minimum absolute atomic E-state index is 0.0847. The number of rotatable bonds is 9. The first-order valence-electron chi connectivity index (χ1n) is 13.2. The summed E-state index contributed by atoms with van der Waals surface area (Å²) in [7, 11) is 0. The lowest BCUT2D eigenvalue weighted by Crippen LogP contribution is -2.54. The Morgan fingerprint density at radius 3 is 2.58 bits per heavy atom. The highest BCUT2D eigenvalue weighted by Gasteiger charge is 2.61. The van der Waals surface area contributed by atoms with E-state index in [2.05, 4.69) is 15.3 Å². The Kier molecular flexibility index (Phi) is 7.84. The fraction of sp³-hybridized carbons (Fsp3) is 0.370. The van der Waals surface area contributed by atoms with Crippen molar-refractivity contribution < 1.29 is 37.2 Å². The molecule has 2 aliphatic rings. The number of nitriles is 1. The average molecular weight is 601 g/mol. The van der Waals surface area contributed by atoms with Gasteiger partial charge >= 0.3 is 12.2 Å². The zero-order chi connectivity index (χ0) is 30.9. The van der Waals surface area contributed by atoms with Crippen LogP contribution in [0.3, 0.4) is 0 Å². The van der Waals surface area contributed by atoms with E-state index in [0.717, 1.165) is 6.20 Å². The van der Waals surface area contributed by atoms with Crippen LogP contribution >= 0.6 is 0 Å². The van der Waals surface area contributed by atoms with Gasteiger partial charge in [-0.05, 0) is 44.2 Å². The van der Waals surface area contributed by atoms with E-state index in [4.69, 9.17) is 10.5 Å². The summed E-state index contributed by atoms with van der Waals surface area (Å²) in [5.74, 6) is -1.91. The smallest absolute Gasteiger partial charge is 0.305 e. The molecule has 1 aromatic carbocycles. The molecule has 2 aromatic heterocycles. The molecule has 1 saturated heterocycles. The summed E-state index contributed by atoms with van der Waals surface area (Å²) < 4.78 is 57.5. The van der Waals surface area contributed by atoms with Gasteiger partial charge in [-0.2, -0.15) is 18.4 Å². The molecule has 2 N–H and O–H groups in total. The fourth-order valence-electron chi connectivity index (χ4n) is 5.20. The summed E-state index contributed by atoms with van der Waals surface area (Å²) in [4.78, 5) is 43.3. The van der Waals surface area contributed by atoms with Crippen LogP contribution in [0, 0.1) is 17.1 Å².